The maximum Gasteiger partial charge on any atom is 0.410 e. The summed E-state index contributed by atoms with van der Waals surface area (Å²) in [6, 6.07) is 0. The zero-order valence-electron chi connectivity index (χ0n) is 5.54. The van der Waals surface area contributed by atoms with Crippen molar-refractivity contribution in [3.63, 3.8) is 0 Å². The van der Waals surface area contributed by atoms with E-state index in [0.717, 1.165) is 11.3 Å². The van der Waals surface area contributed by atoms with Crippen LogP contribution >= 0.6 is 11.6 Å². The third-order valence-corrected chi connectivity index (χ3v) is 1.04. The standard InChI is InChI=1S/C4H5ClN2O4/c1-6-3(10-4(5)8)2-7(9)11-6/h2,7H,1H3. The molecule has 1 heterocycles. The summed E-state index contributed by atoms with van der Waals surface area (Å²) in [5.41, 5.74) is -1.01. The SMILES string of the molecule is CN1O[NH+]([O-])C=C1OC(=O)Cl. The number of hydroxylamine groups is 4. The number of carbonyl (C=O) groups is 1. The van der Waals surface area contributed by atoms with Gasteiger partial charge in [0, 0.05) is 18.6 Å². The third kappa shape index (κ3) is 2.05. The molecule has 0 amide bonds. The fraction of sp³-hybridized carbons (Fsp3) is 0.250. The minimum atomic E-state index is -1.01. The van der Waals surface area contributed by atoms with Gasteiger partial charge in [0.15, 0.2) is 6.20 Å². The molecule has 62 valence electrons. The number of hydrogen-bond acceptors (Lipinski definition) is 5. The first-order valence-electron chi connectivity index (χ1n) is 2.64. The summed E-state index contributed by atoms with van der Waals surface area (Å²) in [6.07, 6.45) is 1.01. The second-order valence-corrected chi connectivity index (χ2v) is 2.04. The molecular formula is C4H5ClN2O4. The highest BCUT2D eigenvalue weighted by molar-refractivity contribution is 6.61. The Morgan fingerprint density at radius 2 is 2.64 bits per heavy atom. The molecule has 0 radical (unpaired) electrons. The van der Waals surface area contributed by atoms with Crippen molar-refractivity contribution in [3.8, 4) is 0 Å². The fourth-order valence-corrected chi connectivity index (χ4v) is 0.653. The van der Waals surface area contributed by atoms with Crippen molar-refractivity contribution in [2.24, 2.45) is 0 Å². The highest BCUT2D eigenvalue weighted by Gasteiger charge is 2.22. The molecular weight excluding hydrogens is 176 g/mol. The van der Waals surface area contributed by atoms with Crippen LogP contribution in [0.15, 0.2) is 12.1 Å². The van der Waals surface area contributed by atoms with Gasteiger partial charge in [0.05, 0.1) is 0 Å². The Morgan fingerprint density at radius 3 is 3.00 bits per heavy atom. The second kappa shape index (κ2) is 3.05. The highest BCUT2D eigenvalue weighted by Crippen LogP contribution is 2.06. The van der Waals surface area contributed by atoms with Gasteiger partial charge >= 0.3 is 5.43 Å². The second-order valence-electron chi connectivity index (χ2n) is 1.73. The summed E-state index contributed by atoms with van der Waals surface area (Å²) < 4.78 is 4.36. The molecule has 0 aliphatic carbocycles. The first kappa shape index (κ1) is 8.28. The lowest BCUT2D eigenvalue weighted by atomic mass is 10.8. The van der Waals surface area contributed by atoms with Crippen molar-refractivity contribution in [1.82, 2.24) is 5.06 Å². The molecule has 0 aromatic carbocycles. The first-order valence-corrected chi connectivity index (χ1v) is 3.02. The van der Waals surface area contributed by atoms with Crippen LogP contribution in [-0.2, 0) is 9.68 Å². The molecule has 0 aromatic heterocycles. The molecule has 1 aliphatic heterocycles. The van der Waals surface area contributed by atoms with E-state index in [9.17, 15) is 10.0 Å². The molecule has 1 aliphatic rings. The average molecular weight is 181 g/mol. The van der Waals surface area contributed by atoms with Gasteiger partial charge in [-0.25, -0.2) is 4.79 Å². The maximum absolute atomic E-state index is 10.5. The normalized spacial score (nSPS) is 23.4. The molecule has 0 bridgehead atoms. The quantitative estimate of drug-likeness (QED) is 0.429. The van der Waals surface area contributed by atoms with E-state index in [2.05, 4.69) is 9.68 Å². The van der Waals surface area contributed by atoms with Crippen LogP contribution < -0.4 is 5.23 Å². The van der Waals surface area contributed by atoms with E-state index < -0.39 is 10.7 Å². The van der Waals surface area contributed by atoms with E-state index in [1.165, 1.54) is 7.05 Å². The highest BCUT2D eigenvalue weighted by atomic mass is 35.5. The van der Waals surface area contributed by atoms with Gasteiger partial charge in [0.2, 0.25) is 0 Å². The number of nitrogens with one attached hydrogen (secondary N) is 1. The molecule has 1 rings (SSSR count). The predicted octanol–water partition coefficient (Wildman–Crippen LogP) is -0.665. The molecule has 7 heteroatoms. The van der Waals surface area contributed by atoms with Gasteiger partial charge in [-0.3, -0.25) is 0 Å². The van der Waals surface area contributed by atoms with Crippen LogP contribution in [0.5, 0.6) is 0 Å². The van der Waals surface area contributed by atoms with Crippen LogP contribution in [-0.4, -0.2) is 17.5 Å². The summed E-state index contributed by atoms with van der Waals surface area (Å²) in [4.78, 5) is 14.6. The Bertz CT molecular complexity index is 206. The molecule has 1 unspecified atom stereocenters. The van der Waals surface area contributed by atoms with Gasteiger partial charge in [0.1, 0.15) is 0 Å². The van der Waals surface area contributed by atoms with E-state index in [0.29, 0.717) is 0 Å². The Hall–Kier alpha value is -0.820. The molecule has 0 aromatic rings. The van der Waals surface area contributed by atoms with Crippen molar-refractivity contribution in [3.05, 3.63) is 17.3 Å². The lowest BCUT2D eigenvalue weighted by Gasteiger charge is -2.11. The molecule has 1 N–H and O–H groups in total. The summed E-state index contributed by atoms with van der Waals surface area (Å²) in [6.45, 7) is 0. The molecule has 0 saturated heterocycles. The fourth-order valence-electron chi connectivity index (χ4n) is 0.574. The van der Waals surface area contributed by atoms with E-state index in [4.69, 9.17) is 11.6 Å². The Balaban J connectivity index is 2.57. The van der Waals surface area contributed by atoms with Gasteiger partial charge in [0.25, 0.3) is 5.88 Å². The van der Waals surface area contributed by atoms with Crippen LogP contribution in [0.4, 0.5) is 4.79 Å². The Morgan fingerprint density at radius 1 is 2.00 bits per heavy atom. The number of hydrogen-bond donors (Lipinski definition) is 1. The average Bonchev–Trinajstić information content (AvgIpc) is 2.09. The summed E-state index contributed by atoms with van der Waals surface area (Å²) in [5.74, 6) is -0.0185. The number of carbonyl (C=O) groups excluding carboxylic acids is 1. The topological polar surface area (TPSA) is 66.3 Å². The minimum Gasteiger partial charge on any atom is -0.593 e. The number of ether oxygens (including phenoxy) is 1. The van der Waals surface area contributed by atoms with E-state index in [1.807, 2.05) is 0 Å². The third-order valence-electron chi connectivity index (χ3n) is 0.963. The van der Waals surface area contributed by atoms with Gasteiger partial charge in [-0.15, -0.1) is 0 Å². The number of nitrogens with zero attached hydrogens (tertiary/aromatic N) is 1. The van der Waals surface area contributed by atoms with Crippen LogP contribution in [0.3, 0.4) is 0 Å². The van der Waals surface area contributed by atoms with Crippen molar-refractivity contribution in [2.45, 2.75) is 0 Å². The van der Waals surface area contributed by atoms with Crippen LogP contribution in [0.2, 0.25) is 0 Å². The van der Waals surface area contributed by atoms with Crippen molar-refractivity contribution >= 4 is 17.0 Å². The molecule has 1 atom stereocenters. The lowest BCUT2D eigenvalue weighted by Crippen LogP contribution is -3.00. The molecule has 6 nitrogen and oxygen atoms in total. The number of rotatable bonds is 1. The van der Waals surface area contributed by atoms with Crippen molar-refractivity contribution < 1.29 is 19.7 Å². The summed E-state index contributed by atoms with van der Waals surface area (Å²) >= 11 is 4.88. The van der Waals surface area contributed by atoms with Gasteiger partial charge in [-0.1, -0.05) is 4.94 Å². The monoisotopic (exact) mass is 180 g/mol. The van der Waals surface area contributed by atoms with E-state index in [-0.39, 0.29) is 5.88 Å². The molecule has 0 saturated carbocycles. The van der Waals surface area contributed by atoms with Crippen LogP contribution in [0.25, 0.3) is 0 Å². The van der Waals surface area contributed by atoms with Gasteiger partial charge < -0.3 is 9.94 Å². The maximum atomic E-state index is 10.5. The van der Waals surface area contributed by atoms with Crippen LogP contribution in [0.1, 0.15) is 0 Å². The first-order chi connectivity index (χ1) is 5.09. The molecule has 0 fully saturated rings. The number of quaternary nitrogens is 1. The Kier molecular flexibility index (Phi) is 2.30. The van der Waals surface area contributed by atoms with Crippen molar-refractivity contribution in [1.29, 1.82) is 0 Å². The molecule has 0 spiro atoms. The zero-order valence-corrected chi connectivity index (χ0v) is 6.29. The lowest BCUT2D eigenvalue weighted by molar-refractivity contribution is -1.03. The number of halogens is 1. The van der Waals surface area contributed by atoms with Gasteiger partial charge in [-0.2, -0.15) is 10.3 Å². The van der Waals surface area contributed by atoms with E-state index >= 15 is 0 Å². The summed E-state index contributed by atoms with van der Waals surface area (Å²) in [5, 5.41) is 10.9. The predicted molar refractivity (Wildman–Crippen MR) is 33.6 cm³/mol. The van der Waals surface area contributed by atoms with Crippen LogP contribution in [0, 0.1) is 5.21 Å². The molecule has 11 heavy (non-hydrogen) atoms. The smallest absolute Gasteiger partial charge is 0.410 e. The van der Waals surface area contributed by atoms with Crippen molar-refractivity contribution in [2.75, 3.05) is 7.05 Å². The Labute approximate surface area is 67.0 Å². The van der Waals surface area contributed by atoms with E-state index in [1.54, 1.807) is 0 Å². The van der Waals surface area contributed by atoms with Gasteiger partial charge in [-0.05, 0) is 0 Å². The summed E-state index contributed by atoms with van der Waals surface area (Å²) in [7, 11) is 1.41. The zero-order chi connectivity index (χ0) is 8.43. The largest absolute Gasteiger partial charge is 0.593 e. The minimum absolute atomic E-state index is 0.0185.